The van der Waals surface area contributed by atoms with Crippen molar-refractivity contribution in [2.75, 3.05) is 26.2 Å². The van der Waals surface area contributed by atoms with Gasteiger partial charge >= 0.3 is 0 Å². The Morgan fingerprint density at radius 1 is 1.38 bits per heavy atom. The van der Waals surface area contributed by atoms with Gasteiger partial charge in [0.15, 0.2) is 0 Å². The Morgan fingerprint density at radius 2 is 2.08 bits per heavy atom. The first-order valence-electron chi connectivity index (χ1n) is 9.01. The molecule has 0 saturated carbocycles. The summed E-state index contributed by atoms with van der Waals surface area (Å²) in [5.74, 6) is 0.107. The maximum atomic E-state index is 12.4. The molecule has 1 spiro atoms. The van der Waals surface area contributed by atoms with Crippen LogP contribution in [0.3, 0.4) is 0 Å². The number of carbonyl (C=O) groups is 2. The van der Waals surface area contributed by atoms with E-state index in [0.717, 1.165) is 29.7 Å². The van der Waals surface area contributed by atoms with E-state index in [1.54, 1.807) is 11.3 Å². The number of hydrogen-bond acceptors (Lipinski definition) is 5. The fourth-order valence-electron chi connectivity index (χ4n) is 3.67. The molecule has 0 atom stereocenters. The highest BCUT2D eigenvalue weighted by atomic mass is 35.5. The molecule has 3 rings (SSSR count). The van der Waals surface area contributed by atoms with Gasteiger partial charge in [-0.15, -0.1) is 23.7 Å². The second-order valence-corrected chi connectivity index (χ2v) is 8.22. The Labute approximate surface area is 164 Å². The number of piperidine rings is 1. The fraction of sp³-hybridized carbons (Fsp3) is 0.667. The number of carbonyl (C=O) groups excluding carboxylic acids is 2. The predicted molar refractivity (Wildman–Crippen MR) is 105 cm³/mol. The van der Waals surface area contributed by atoms with Gasteiger partial charge in [-0.2, -0.15) is 0 Å². The lowest BCUT2D eigenvalue weighted by atomic mass is 9.82. The first-order valence-corrected chi connectivity index (χ1v) is 9.83. The van der Waals surface area contributed by atoms with Crippen LogP contribution in [0.15, 0.2) is 6.07 Å². The van der Waals surface area contributed by atoms with Crippen LogP contribution in [0.25, 0.3) is 0 Å². The number of rotatable bonds is 4. The van der Waals surface area contributed by atoms with Gasteiger partial charge in [0.2, 0.25) is 5.91 Å². The van der Waals surface area contributed by atoms with Gasteiger partial charge in [-0.1, -0.05) is 0 Å². The van der Waals surface area contributed by atoms with E-state index in [2.05, 4.69) is 5.32 Å². The highest BCUT2D eigenvalue weighted by molar-refractivity contribution is 7.14. The zero-order valence-electron chi connectivity index (χ0n) is 15.4. The predicted octanol–water partition coefficient (Wildman–Crippen LogP) is 2.05. The summed E-state index contributed by atoms with van der Waals surface area (Å²) in [5, 5.41) is 2.96. The summed E-state index contributed by atoms with van der Waals surface area (Å²) in [6, 6.07) is 2.13. The summed E-state index contributed by atoms with van der Waals surface area (Å²) in [5.41, 5.74) is 6.30. The molecule has 2 aliphatic rings. The molecule has 3 N–H and O–H groups in total. The number of nitrogens with two attached hydrogens (primary N) is 1. The lowest BCUT2D eigenvalue weighted by Crippen LogP contribution is -2.48. The number of hydrogen-bond donors (Lipinski definition) is 2. The molecule has 3 heterocycles. The summed E-state index contributed by atoms with van der Waals surface area (Å²) in [7, 11) is 0. The van der Waals surface area contributed by atoms with Crippen LogP contribution in [0, 0.1) is 0 Å². The molecule has 26 heavy (non-hydrogen) atoms. The molecule has 146 valence electrons. The Balaban J connectivity index is 0.00000243. The maximum Gasteiger partial charge on any atom is 0.261 e. The van der Waals surface area contributed by atoms with Crippen molar-refractivity contribution in [2.24, 2.45) is 5.73 Å². The zero-order valence-corrected chi connectivity index (χ0v) is 17.0. The van der Waals surface area contributed by atoms with Gasteiger partial charge in [0, 0.05) is 43.4 Å². The fourth-order valence-corrected chi connectivity index (χ4v) is 4.81. The first kappa shape index (κ1) is 21.2. The Morgan fingerprint density at radius 3 is 2.69 bits per heavy atom. The molecule has 0 unspecified atom stereocenters. The van der Waals surface area contributed by atoms with Gasteiger partial charge in [-0.3, -0.25) is 9.59 Å². The van der Waals surface area contributed by atoms with E-state index in [1.165, 1.54) is 4.88 Å². The van der Waals surface area contributed by atoms with Crippen molar-refractivity contribution in [3.05, 3.63) is 21.4 Å². The standard InChI is InChI=1S/C18H27N3O3S.ClH/c1-12(2)20-17(23)15-11-13-14(25-15)4-10-24-18(13)5-8-21(9-6-18)16(22)3-7-19;/h11-12H,3-10,19H2,1-2H3,(H,20,23);1H. The van der Waals surface area contributed by atoms with E-state index >= 15 is 0 Å². The van der Waals surface area contributed by atoms with Crippen molar-refractivity contribution >= 4 is 35.6 Å². The molecule has 0 aromatic carbocycles. The number of ether oxygens (including phenoxy) is 1. The minimum absolute atomic E-state index is 0. The van der Waals surface area contributed by atoms with Crippen molar-refractivity contribution in [1.29, 1.82) is 0 Å². The molecule has 8 heteroatoms. The molecule has 1 aromatic rings. The maximum absolute atomic E-state index is 12.4. The lowest BCUT2D eigenvalue weighted by Gasteiger charge is -2.44. The SMILES string of the molecule is CC(C)NC(=O)c1cc2c(s1)CCOC21CCN(C(=O)CCN)CC1.Cl. The number of nitrogens with zero attached hydrogens (tertiary/aromatic N) is 1. The molecule has 2 amide bonds. The molecule has 0 radical (unpaired) electrons. The highest BCUT2D eigenvalue weighted by Crippen LogP contribution is 2.44. The quantitative estimate of drug-likeness (QED) is 0.808. The van der Waals surface area contributed by atoms with Crippen LogP contribution < -0.4 is 11.1 Å². The average Bonchev–Trinajstić information content (AvgIpc) is 3.01. The molecular weight excluding hydrogens is 374 g/mol. The third-order valence-electron chi connectivity index (χ3n) is 4.93. The van der Waals surface area contributed by atoms with Gasteiger partial charge in [-0.25, -0.2) is 0 Å². The lowest BCUT2D eigenvalue weighted by molar-refractivity contribution is -0.140. The van der Waals surface area contributed by atoms with Gasteiger partial charge in [0.1, 0.15) is 0 Å². The second kappa shape index (κ2) is 8.69. The number of halogens is 1. The van der Waals surface area contributed by atoms with E-state index in [-0.39, 0.29) is 35.9 Å². The summed E-state index contributed by atoms with van der Waals surface area (Å²) >= 11 is 1.58. The van der Waals surface area contributed by atoms with Crippen molar-refractivity contribution in [3.8, 4) is 0 Å². The third-order valence-corrected chi connectivity index (χ3v) is 6.13. The number of fused-ring (bicyclic) bond motifs is 2. The number of thiophene rings is 1. The van der Waals surface area contributed by atoms with Crippen LogP contribution in [-0.4, -0.2) is 49.0 Å². The first-order chi connectivity index (χ1) is 11.9. The van der Waals surface area contributed by atoms with Crippen LogP contribution in [0.2, 0.25) is 0 Å². The molecule has 1 saturated heterocycles. The smallest absolute Gasteiger partial charge is 0.261 e. The largest absolute Gasteiger partial charge is 0.370 e. The third kappa shape index (κ3) is 4.22. The van der Waals surface area contributed by atoms with E-state index < -0.39 is 0 Å². The summed E-state index contributed by atoms with van der Waals surface area (Å²) in [6.07, 6.45) is 2.81. The van der Waals surface area contributed by atoms with E-state index in [0.29, 0.717) is 32.7 Å². The Bertz CT molecular complexity index is 654. The molecule has 0 bridgehead atoms. The molecular formula is C18H28ClN3O3S. The number of nitrogens with one attached hydrogen (secondary N) is 1. The summed E-state index contributed by atoms with van der Waals surface area (Å²) in [4.78, 5) is 28.3. The normalized spacial score (nSPS) is 18.4. The molecule has 1 aromatic heterocycles. The highest BCUT2D eigenvalue weighted by Gasteiger charge is 2.43. The van der Waals surface area contributed by atoms with Crippen molar-refractivity contribution in [1.82, 2.24) is 10.2 Å². The van der Waals surface area contributed by atoms with E-state index in [1.807, 2.05) is 24.8 Å². The number of likely N-dealkylation sites (tertiary alicyclic amines) is 1. The van der Waals surface area contributed by atoms with Crippen molar-refractivity contribution in [2.45, 2.75) is 51.2 Å². The molecule has 6 nitrogen and oxygen atoms in total. The van der Waals surface area contributed by atoms with Crippen LogP contribution in [0.4, 0.5) is 0 Å². The average molecular weight is 402 g/mol. The van der Waals surface area contributed by atoms with Gasteiger partial charge < -0.3 is 20.7 Å². The minimum Gasteiger partial charge on any atom is -0.370 e. The van der Waals surface area contributed by atoms with Crippen LogP contribution in [0.1, 0.15) is 53.2 Å². The Kier molecular flexibility index (Phi) is 7.07. The van der Waals surface area contributed by atoms with Crippen LogP contribution in [0.5, 0.6) is 0 Å². The van der Waals surface area contributed by atoms with Gasteiger partial charge in [0.05, 0.1) is 17.1 Å². The van der Waals surface area contributed by atoms with Crippen LogP contribution in [-0.2, 0) is 21.6 Å². The van der Waals surface area contributed by atoms with E-state index in [9.17, 15) is 9.59 Å². The van der Waals surface area contributed by atoms with Gasteiger partial charge in [-0.05, 0) is 38.3 Å². The summed E-state index contributed by atoms with van der Waals surface area (Å²) in [6.45, 7) is 6.35. The molecule has 1 fully saturated rings. The Hall–Kier alpha value is -1.15. The number of amides is 2. The second-order valence-electron chi connectivity index (χ2n) is 7.09. The molecule has 2 aliphatic heterocycles. The summed E-state index contributed by atoms with van der Waals surface area (Å²) < 4.78 is 6.21. The van der Waals surface area contributed by atoms with Crippen LogP contribution >= 0.6 is 23.7 Å². The topological polar surface area (TPSA) is 84.7 Å². The van der Waals surface area contributed by atoms with E-state index in [4.69, 9.17) is 10.5 Å². The monoisotopic (exact) mass is 401 g/mol. The van der Waals surface area contributed by atoms with Crippen molar-refractivity contribution in [3.63, 3.8) is 0 Å². The van der Waals surface area contributed by atoms with Crippen molar-refractivity contribution < 1.29 is 14.3 Å². The molecule has 0 aliphatic carbocycles. The van der Waals surface area contributed by atoms with Gasteiger partial charge in [0.25, 0.3) is 5.91 Å². The zero-order chi connectivity index (χ0) is 18.0. The minimum atomic E-state index is -0.347.